The number of nitrogens with one attached hydrogen (secondary N) is 2. The molecule has 8 heteroatoms. The maximum atomic E-state index is 13.4. The first-order valence-electron chi connectivity index (χ1n) is 11.6. The number of carbonyl (C=O) groups is 1. The van der Waals surface area contributed by atoms with Gasteiger partial charge in [-0.05, 0) is 63.3 Å². The SMILES string of the molecule is Cc1cc(C)n(CC(C)CNC(=O)N(C)CCCCCc2cc(-c3cccc(F)c3)n[nH]2)n1. The minimum absolute atomic E-state index is 0.0384. The highest BCUT2D eigenvalue weighted by molar-refractivity contribution is 5.73. The molecule has 0 aliphatic rings. The highest BCUT2D eigenvalue weighted by atomic mass is 19.1. The van der Waals surface area contributed by atoms with Crippen LogP contribution in [0.3, 0.4) is 0 Å². The molecule has 7 nitrogen and oxygen atoms in total. The second-order valence-corrected chi connectivity index (χ2v) is 8.92. The van der Waals surface area contributed by atoms with Crippen LogP contribution in [-0.4, -0.2) is 51.0 Å². The van der Waals surface area contributed by atoms with Crippen molar-refractivity contribution in [1.82, 2.24) is 30.2 Å². The van der Waals surface area contributed by atoms with Gasteiger partial charge in [-0.2, -0.15) is 10.2 Å². The molecule has 0 fully saturated rings. The van der Waals surface area contributed by atoms with E-state index < -0.39 is 0 Å². The Balaban J connectivity index is 1.30. The number of carbonyl (C=O) groups excluding carboxylic acids is 1. The lowest BCUT2D eigenvalue weighted by atomic mass is 10.1. The van der Waals surface area contributed by atoms with Gasteiger partial charge in [-0.1, -0.05) is 25.5 Å². The molecule has 33 heavy (non-hydrogen) atoms. The fourth-order valence-electron chi connectivity index (χ4n) is 3.84. The lowest BCUT2D eigenvalue weighted by Gasteiger charge is -2.20. The predicted molar refractivity (Wildman–Crippen MR) is 128 cm³/mol. The van der Waals surface area contributed by atoms with Crippen LogP contribution >= 0.6 is 0 Å². The first-order chi connectivity index (χ1) is 15.8. The van der Waals surface area contributed by atoms with Crippen LogP contribution in [0.1, 0.15) is 43.3 Å². The standard InChI is InChI=1S/C25H35FN6O/c1-18(17-32-20(3)13-19(2)30-32)16-27-25(33)31(4)12-7-5-6-11-23-15-24(29-28-23)21-9-8-10-22(26)14-21/h8-10,13-15,18H,5-7,11-12,16-17H2,1-4H3,(H,27,33)(H,28,29). The van der Waals surface area contributed by atoms with E-state index in [1.165, 1.54) is 12.1 Å². The highest BCUT2D eigenvalue weighted by Gasteiger charge is 2.12. The third-order valence-corrected chi connectivity index (χ3v) is 5.73. The van der Waals surface area contributed by atoms with Crippen molar-refractivity contribution in [2.75, 3.05) is 20.1 Å². The maximum absolute atomic E-state index is 13.4. The number of aryl methyl sites for hydroxylation is 3. The number of hydrogen-bond donors (Lipinski definition) is 2. The number of nitrogens with zero attached hydrogens (tertiary/aromatic N) is 4. The van der Waals surface area contributed by atoms with Crippen molar-refractivity contribution in [2.45, 2.75) is 53.0 Å². The van der Waals surface area contributed by atoms with E-state index in [4.69, 9.17) is 0 Å². The minimum Gasteiger partial charge on any atom is -0.338 e. The summed E-state index contributed by atoms with van der Waals surface area (Å²) in [6.07, 6.45) is 3.83. The Morgan fingerprint density at radius 2 is 2.03 bits per heavy atom. The van der Waals surface area contributed by atoms with E-state index in [9.17, 15) is 9.18 Å². The summed E-state index contributed by atoms with van der Waals surface area (Å²) in [5.41, 5.74) is 4.73. The van der Waals surface area contributed by atoms with Gasteiger partial charge in [0.05, 0.1) is 11.4 Å². The van der Waals surface area contributed by atoms with Crippen LogP contribution in [0, 0.1) is 25.6 Å². The number of unbranched alkanes of at least 4 members (excludes halogenated alkanes) is 2. The average Bonchev–Trinajstić information content (AvgIpc) is 3.37. The summed E-state index contributed by atoms with van der Waals surface area (Å²) in [7, 11) is 1.83. The largest absolute Gasteiger partial charge is 0.338 e. The number of benzene rings is 1. The van der Waals surface area contributed by atoms with Crippen LogP contribution in [0.4, 0.5) is 9.18 Å². The minimum atomic E-state index is -0.261. The van der Waals surface area contributed by atoms with Crippen molar-refractivity contribution in [3.63, 3.8) is 0 Å². The van der Waals surface area contributed by atoms with Gasteiger partial charge < -0.3 is 10.2 Å². The number of halogens is 1. The first-order valence-corrected chi connectivity index (χ1v) is 11.6. The zero-order chi connectivity index (χ0) is 23.8. The van der Waals surface area contributed by atoms with Crippen molar-refractivity contribution in [3.05, 3.63) is 59.3 Å². The fourth-order valence-corrected chi connectivity index (χ4v) is 3.84. The Hall–Kier alpha value is -3.16. The summed E-state index contributed by atoms with van der Waals surface area (Å²) in [5.74, 6) is 0.0368. The third-order valence-electron chi connectivity index (χ3n) is 5.73. The van der Waals surface area contributed by atoms with E-state index in [0.29, 0.717) is 12.5 Å². The monoisotopic (exact) mass is 454 g/mol. The Morgan fingerprint density at radius 3 is 2.76 bits per heavy atom. The van der Waals surface area contributed by atoms with Crippen molar-refractivity contribution in [3.8, 4) is 11.3 Å². The van der Waals surface area contributed by atoms with Gasteiger partial charge in [0, 0.05) is 43.6 Å². The molecule has 0 aliphatic heterocycles. The summed E-state index contributed by atoms with van der Waals surface area (Å²) in [6.45, 7) is 8.28. The number of amides is 2. The van der Waals surface area contributed by atoms with E-state index in [1.807, 2.05) is 30.8 Å². The summed E-state index contributed by atoms with van der Waals surface area (Å²) in [4.78, 5) is 14.1. The lowest BCUT2D eigenvalue weighted by molar-refractivity contribution is 0.205. The second kappa shape index (κ2) is 11.6. The Bertz CT molecular complexity index is 1040. The van der Waals surface area contributed by atoms with Crippen molar-refractivity contribution >= 4 is 6.03 Å². The van der Waals surface area contributed by atoms with E-state index in [-0.39, 0.29) is 11.8 Å². The quantitative estimate of drug-likeness (QED) is 0.412. The van der Waals surface area contributed by atoms with Crippen LogP contribution in [0.25, 0.3) is 11.3 Å². The summed E-state index contributed by atoms with van der Waals surface area (Å²) in [5, 5.41) is 14.8. The molecule has 2 amide bonds. The third kappa shape index (κ3) is 7.44. The first kappa shape index (κ1) is 24.5. The smallest absolute Gasteiger partial charge is 0.317 e. The van der Waals surface area contributed by atoms with Gasteiger partial charge in [-0.15, -0.1) is 0 Å². The molecule has 3 rings (SSSR count). The van der Waals surface area contributed by atoms with Crippen LogP contribution in [0.2, 0.25) is 0 Å². The van der Waals surface area contributed by atoms with Crippen molar-refractivity contribution in [1.29, 1.82) is 0 Å². The van der Waals surface area contributed by atoms with Crippen LogP contribution in [0.5, 0.6) is 0 Å². The summed E-state index contributed by atoms with van der Waals surface area (Å²) >= 11 is 0. The average molecular weight is 455 g/mol. The van der Waals surface area contributed by atoms with Gasteiger partial charge in [-0.3, -0.25) is 9.78 Å². The number of urea groups is 1. The van der Waals surface area contributed by atoms with Gasteiger partial charge in [0.25, 0.3) is 0 Å². The summed E-state index contributed by atoms with van der Waals surface area (Å²) in [6, 6.07) is 10.5. The molecule has 1 unspecified atom stereocenters. The predicted octanol–water partition coefficient (Wildman–Crippen LogP) is 4.72. The zero-order valence-corrected chi connectivity index (χ0v) is 20.1. The molecule has 0 bridgehead atoms. The van der Waals surface area contributed by atoms with E-state index in [0.717, 1.165) is 67.1 Å². The number of H-pyrrole nitrogens is 1. The van der Waals surface area contributed by atoms with Gasteiger partial charge in [0.1, 0.15) is 5.82 Å². The van der Waals surface area contributed by atoms with E-state index in [1.54, 1.807) is 11.0 Å². The topological polar surface area (TPSA) is 78.8 Å². The molecule has 0 aliphatic carbocycles. The molecule has 3 aromatic rings. The van der Waals surface area contributed by atoms with Crippen molar-refractivity contribution in [2.24, 2.45) is 5.92 Å². The van der Waals surface area contributed by atoms with Crippen LogP contribution < -0.4 is 5.32 Å². The van der Waals surface area contributed by atoms with Gasteiger partial charge >= 0.3 is 6.03 Å². The van der Waals surface area contributed by atoms with Crippen LogP contribution in [0.15, 0.2) is 36.4 Å². The molecule has 178 valence electrons. The summed E-state index contributed by atoms with van der Waals surface area (Å²) < 4.78 is 15.4. The van der Waals surface area contributed by atoms with Crippen LogP contribution in [-0.2, 0) is 13.0 Å². The molecule has 2 aromatic heterocycles. The number of rotatable bonds is 11. The molecular weight excluding hydrogens is 419 g/mol. The fraction of sp³-hybridized carbons (Fsp3) is 0.480. The van der Waals surface area contributed by atoms with Gasteiger partial charge in [0.2, 0.25) is 0 Å². The lowest BCUT2D eigenvalue weighted by Crippen LogP contribution is -2.40. The molecule has 2 heterocycles. The zero-order valence-electron chi connectivity index (χ0n) is 20.1. The molecule has 0 spiro atoms. The molecular formula is C25H35FN6O. The molecule has 1 atom stereocenters. The van der Waals surface area contributed by atoms with Gasteiger partial charge in [-0.25, -0.2) is 9.18 Å². The molecule has 2 N–H and O–H groups in total. The maximum Gasteiger partial charge on any atom is 0.317 e. The van der Waals surface area contributed by atoms with Gasteiger partial charge in [0.15, 0.2) is 0 Å². The molecule has 1 aromatic carbocycles. The Morgan fingerprint density at radius 1 is 1.21 bits per heavy atom. The molecule has 0 saturated carbocycles. The molecule has 0 saturated heterocycles. The number of aromatic nitrogens is 4. The Kier molecular flexibility index (Phi) is 8.63. The van der Waals surface area contributed by atoms with E-state index in [2.05, 4.69) is 40.5 Å². The number of aromatic amines is 1. The van der Waals surface area contributed by atoms with E-state index >= 15 is 0 Å². The normalized spacial score (nSPS) is 12.0. The van der Waals surface area contributed by atoms with Crippen molar-refractivity contribution < 1.29 is 9.18 Å². The second-order valence-electron chi connectivity index (χ2n) is 8.92. The Labute approximate surface area is 195 Å². The highest BCUT2D eigenvalue weighted by Crippen LogP contribution is 2.19. The number of hydrogen-bond acceptors (Lipinski definition) is 3. The molecule has 0 radical (unpaired) electrons.